The fraction of sp³-hybridized carbons (Fsp3) is 0.0952. The van der Waals surface area contributed by atoms with E-state index in [-0.39, 0.29) is 16.9 Å². The quantitative estimate of drug-likeness (QED) is 0.474. The van der Waals surface area contributed by atoms with E-state index in [9.17, 15) is 31.1 Å². The van der Waals surface area contributed by atoms with Gasteiger partial charge in [-0.1, -0.05) is 12.1 Å². The zero-order chi connectivity index (χ0) is 22.1. The third kappa shape index (κ3) is 4.56. The number of hydrogen-bond acceptors (Lipinski definition) is 2. The number of nitrogens with one attached hydrogen (secondary N) is 2. The second-order valence-electron chi connectivity index (χ2n) is 6.39. The fourth-order valence-corrected chi connectivity index (χ4v) is 2.82. The molecule has 3 nitrogen and oxygen atoms in total. The van der Waals surface area contributed by atoms with Crippen LogP contribution in [0.15, 0.2) is 54.6 Å². The third-order valence-electron chi connectivity index (χ3n) is 4.23. The second kappa shape index (κ2) is 8.10. The molecule has 30 heavy (non-hydrogen) atoms. The molecule has 0 spiro atoms. The van der Waals surface area contributed by atoms with E-state index in [1.54, 1.807) is 0 Å². The maximum atomic E-state index is 14.4. The molecule has 0 aliphatic rings. The van der Waals surface area contributed by atoms with Gasteiger partial charge in [-0.05, 0) is 55.0 Å². The molecule has 0 saturated carbocycles. The highest BCUT2D eigenvalue weighted by molar-refractivity contribution is 6.05. The van der Waals surface area contributed by atoms with Crippen molar-refractivity contribution in [3.63, 3.8) is 0 Å². The Bertz CT molecular complexity index is 1090. The van der Waals surface area contributed by atoms with Crippen molar-refractivity contribution >= 4 is 23.0 Å². The van der Waals surface area contributed by atoms with Gasteiger partial charge in [-0.25, -0.2) is 13.2 Å². The number of benzene rings is 3. The SMILES string of the molecule is Cc1cccc(F)c1C(=O)Nc1ccc(Nc2cc(F)ccc2C(F)(F)F)c(F)c1. The van der Waals surface area contributed by atoms with Crippen LogP contribution in [0.1, 0.15) is 21.5 Å². The Morgan fingerprint density at radius 1 is 0.867 bits per heavy atom. The summed E-state index contributed by atoms with van der Waals surface area (Å²) in [5.74, 6) is -3.50. The minimum Gasteiger partial charge on any atom is -0.353 e. The Balaban J connectivity index is 1.85. The lowest BCUT2D eigenvalue weighted by Crippen LogP contribution is -2.15. The molecule has 0 bridgehead atoms. The predicted octanol–water partition coefficient (Wildman–Crippen LogP) is 6.43. The van der Waals surface area contributed by atoms with E-state index in [0.717, 1.165) is 18.2 Å². The molecule has 3 aromatic rings. The fourth-order valence-electron chi connectivity index (χ4n) is 2.82. The number of anilines is 3. The van der Waals surface area contributed by atoms with Crippen LogP contribution in [0.5, 0.6) is 0 Å². The molecule has 0 heterocycles. The van der Waals surface area contributed by atoms with Gasteiger partial charge < -0.3 is 10.6 Å². The molecule has 156 valence electrons. The molecule has 3 rings (SSSR count). The summed E-state index contributed by atoms with van der Waals surface area (Å²) in [6, 6.07) is 8.99. The Morgan fingerprint density at radius 2 is 1.60 bits per heavy atom. The Hall–Kier alpha value is -3.49. The summed E-state index contributed by atoms with van der Waals surface area (Å²) >= 11 is 0. The molecule has 0 fully saturated rings. The summed E-state index contributed by atoms with van der Waals surface area (Å²) in [6.07, 6.45) is -4.78. The van der Waals surface area contributed by atoms with Crippen molar-refractivity contribution < 1.29 is 31.1 Å². The average Bonchev–Trinajstić information content (AvgIpc) is 2.63. The van der Waals surface area contributed by atoms with Crippen LogP contribution in [0.2, 0.25) is 0 Å². The first kappa shape index (κ1) is 21.2. The average molecular weight is 424 g/mol. The Labute approximate surface area is 167 Å². The van der Waals surface area contributed by atoms with E-state index in [0.29, 0.717) is 23.8 Å². The van der Waals surface area contributed by atoms with Crippen LogP contribution in [-0.2, 0) is 6.18 Å². The predicted molar refractivity (Wildman–Crippen MR) is 100 cm³/mol. The van der Waals surface area contributed by atoms with Crippen molar-refractivity contribution in [3.8, 4) is 0 Å². The van der Waals surface area contributed by atoms with Crippen LogP contribution < -0.4 is 10.6 Å². The molecule has 0 radical (unpaired) electrons. The molecule has 0 aliphatic heterocycles. The van der Waals surface area contributed by atoms with Crippen LogP contribution in [0.3, 0.4) is 0 Å². The number of carbonyl (C=O) groups excluding carboxylic acids is 1. The summed E-state index contributed by atoms with van der Waals surface area (Å²) < 4.78 is 80.9. The molecule has 1 amide bonds. The van der Waals surface area contributed by atoms with Gasteiger partial charge in [0.15, 0.2) is 0 Å². The van der Waals surface area contributed by atoms with E-state index in [1.807, 2.05) is 0 Å². The number of aryl methyl sites for hydroxylation is 1. The standard InChI is InChI=1S/C21H14F6N2O/c1-11-3-2-4-15(23)19(11)20(30)28-13-6-8-17(16(24)10-13)29-18-9-12(22)5-7-14(18)21(25,26)27/h2-10,29H,1H3,(H,28,30). The van der Waals surface area contributed by atoms with Crippen LogP contribution in [0, 0.1) is 24.4 Å². The van der Waals surface area contributed by atoms with Crippen molar-refractivity contribution in [3.05, 3.63) is 88.7 Å². The number of alkyl halides is 3. The van der Waals surface area contributed by atoms with Crippen molar-refractivity contribution in [2.45, 2.75) is 13.1 Å². The molecular formula is C21H14F6N2O. The van der Waals surface area contributed by atoms with Gasteiger partial charge >= 0.3 is 6.18 Å². The van der Waals surface area contributed by atoms with Crippen LogP contribution in [0.25, 0.3) is 0 Å². The van der Waals surface area contributed by atoms with Crippen LogP contribution >= 0.6 is 0 Å². The monoisotopic (exact) mass is 424 g/mol. The van der Waals surface area contributed by atoms with E-state index in [1.165, 1.54) is 25.1 Å². The summed E-state index contributed by atoms with van der Waals surface area (Å²) in [5.41, 5.74) is -2.09. The van der Waals surface area contributed by atoms with Gasteiger partial charge in [0, 0.05) is 5.69 Å². The van der Waals surface area contributed by atoms with E-state index in [4.69, 9.17) is 0 Å². The van der Waals surface area contributed by atoms with Crippen molar-refractivity contribution in [2.24, 2.45) is 0 Å². The van der Waals surface area contributed by atoms with Crippen molar-refractivity contribution in [2.75, 3.05) is 10.6 Å². The van der Waals surface area contributed by atoms with Gasteiger partial charge in [0.25, 0.3) is 5.91 Å². The van der Waals surface area contributed by atoms with E-state index >= 15 is 0 Å². The maximum absolute atomic E-state index is 14.4. The van der Waals surface area contributed by atoms with Gasteiger partial charge in [-0.15, -0.1) is 0 Å². The Kier molecular flexibility index (Phi) is 5.73. The molecule has 0 saturated heterocycles. The number of hydrogen-bond donors (Lipinski definition) is 2. The molecule has 0 aliphatic carbocycles. The van der Waals surface area contributed by atoms with Crippen molar-refractivity contribution in [1.29, 1.82) is 0 Å². The summed E-state index contributed by atoms with van der Waals surface area (Å²) in [6.45, 7) is 1.53. The van der Waals surface area contributed by atoms with Gasteiger partial charge in [0.05, 0.1) is 22.5 Å². The number of rotatable bonds is 4. The third-order valence-corrected chi connectivity index (χ3v) is 4.23. The minimum atomic E-state index is -4.78. The van der Waals surface area contributed by atoms with Crippen LogP contribution in [-0.4, -0.2) is 5.91 Å². The topological polar surface area (TPSA) is 41.1 Å². The lowest BCUT2D eigenvalue weighted by molar-refractivity contribution is -0.136. The smallest absolute Gasteiger partial charge is 0.353 e. The van der Waals surface area contributed by atoms with Crippen LogP contribution in [0.4, 0.5) is 43.4 Å². The van der Waals surface area contributed by atoms with Gasteiger partial charge in [0.2, 0.25) is 0 Å². The first-order chi connectivity index (χ1) is 14.1. The summed E-state index contributed by atoms with van der Waals surface area (Å²) in [4.78, 5) is 12.3. The van der Waals surface area contributed by atoms with E-state index in [2.05, 4.69) is 10.6 Å². The largest absolute Gasteiger partial charge is 0.418 e. The molecule has 2 N–H and O–H groups in total. The van der Waals surface area contributed by atoms with Gasteiger partial charge in [-0.2, -0.15) is 13.2 Å². The maximum Gasteiger partial charge on any atom is 0.418 e. The lowest BCUT2D eigenvalue weighted by atomic mass is 10.1. The Morgan fingerprint density at radius 3 is 2.23 bits per heavy atom. The van der Waals surface area contributed by atoms with Gasteiger partial charge in [-0.3, -0.25) is 4.79 Å². The zero-order valence-corrected chi connectivity index (χ0v) is 15.4. The molecule has 0 aromatic heterocycles. The molecule has 3 aromatic carbocycles. The summed E-state index contributed by atoms with van der Waals surface area (Å²) in [5, 5.41) is 4.54. The highest BCUT2D eigenvalue weighted by Gasteiger charge is 2.34. The first-order valence-electron chi connectivity index (χ1n) is 8.56. The van der Waals surface area contributed by atoms with Crippen molar-refractivity contribution in [1.82, 2.24) is 0 Å². The number of halogens is 6. The lowest BCUT2D eigenvalue weighted by Gasteiger charge is -2.16. The highest BCUT2D eigenvalue weighted by Crippen LogP contribution is 2.37. The molecule has 9 heteroatoms. The first-order valence-corrected chi connectivity index (χ1v) is 8.56. The second-order valence-corrected chi connectivity index (χ2v) is 6.39. The molecule has 0 atom stereocenters. The number of carbonyl (C=O) groups is 1. The molecular weight excluding hydrogens is 410 g/mol. The normalized spacial score (nSPS) is 11.3. The minimum absolute atomic E-state index is 0.0407. The highest BCUT2D eigenvalue weighted by atomic mass is 19.4. The van der Waals surface area contributed by atoms with Gasteiger partial charge in [0.1, 0.15) is 17.5 Å². The number of amides is 1. The summed E-state index contributed by atoms with van der Waals surface area (Å²) in [7, 11) is 0. The molecule has 0 unspecified atom stereocenters. The van der Waals surface area contributed by atoms with E-state index < -0.39 is 40.8 Å². The zero-order valence-electron chi connectivity index (χ0n) is 15.4.